The summed E-state index contributed by atoms with van der Waals surface area (Å²) in [5.74, 6) is 1.95. The van der Waals surface area contributed by atoms with E-state index in [1.807, 2.05) is 18.2 Å². The van der Waals surface area contributed by atoms with Crippen LogP contribution < -0.4 is 15.2 Å². The average molecular weight is 423 g/mol. The number of hydrogen-bond acceptors (Lipinski definition) is 6. The molecule has 3 N–H and O–H groups in total. The zero-order chi connectivity index (χ0) is 21.9. The summed E-state index contributed by atoms with van der Waals surface area (Å²) in [4.78, 5) is 27.9. The smallest absolute Gasteiger partial charge is 0.248 e. The van der Waals surface area contributed by atoms with Gasteiger partial charge < -0.3 is 20.2 Å². The molecule has 0 unspecified atom stereocenters. The molecule has 3 aromatic heterocycles. The Morgan fingerprint density at radius 2 is 1.72 bits per heavy atom. The van der Waals surface area contributed by atoms with E-state index >= 15 is 0 Å². The van der Waals surface area contributed by atoms with Crippen LogP contribution in [0.1, 0.15) is 10.4 Å². The van der Waals surface area contributed by atoms with Crippen molar-refractivity contribution in [2.24, 2.45) is 5.73 Å². The van der Waals surface area contributed by atoms with E-state index in [0.29, 0.717) is 39.9 Å². The molecule has 0 bridgehead atoms. The van der Waals surface area contributed by atoms with Crippen LogP contribution in [0, 0.1) is 0 Å². The van der Waals surface area contributed by atoms with E-state index in [2.05, 4.69) is 19.9 Å². The highest BCUT2D eigenvalue weighted by atomic mass is 16.5. The van der Waals surface area contributed by atoms with E-state index in [9.17, 15) is 4.79 Å². The van der Waals surface area contributed by atoms with Gasteiger partial charge in [-0.3, -0.25) is 14.8 Å². The van der Waals surface area contributed by atoms with Crippen molar-refractivity contribution in [3.05, 3.63) is 90.9 Å². The third-order valence-electron chi connectivity index (χ3n) is 4.66. The number of pyridine rings is 2. The summed E-state index contributed by atoms with van der Waals surface area (Å²) in [5.41, 5.74) is 7.88. The molecule has 0 saturated carbocycles. The molecule has 0 aliphatic carbocycles. The van der Waals surface area contributed by atoms with E-state index in [-0.39, 0.29) is 0 Å². The number of carbonyl (C=O) groups is 1. The Bertz CT molecular complexity index is 1400. The Balaban J connectivity index is 1.59. The molecule has 0 fully saturated rings. The van der Waals surface area contributed by atoms with Gasteiger partial charge in [-0.2, -0.15) is 0 Å². The number of aromatic nitrogens is 4. The Kier molecular flexibility index (Phi) is 4.93. The van der Waals surface area contributed by atoms with Gasteiger partial charge in [0, 0.05) is 30.1 Å². The molecule has 0 atom stereocenters. The third kappa shape index (κ3) is 3.97. The van der Waals surface area contributed by atoms with Gasteiger partial charge in [-0.15, -0.1) is 0 Å². The van der Waals surface area contributed by atoms with Crippen LogP contribution >= 0.6 is 0 Å². The summed E-state index contributed by atoms with van der Waals surface area (Å²) < 4.78 is 12.1. The first-order valence-electron chi connectivity index (χ1n) is 9.76. The zero-order valence-corrected chi connectivity index (χ0v) is 16.7. The standard InChI is InChI=1S/C24H17N5O3/c25-23(30)15-5-3-6-16(11-15)31-21-12-19-20(13-22(21)32-17-7-4-9-26-14-17)29-24(28-19)18-8-1-2-10-27-18/h1-14H,(H2,25,30)(H,28,29). The lowest BCUT2D eigenvalue weighted by Gasteiger charge is -2.12. The predicted molar refractivity (Wildman–Crippen MR) is 119 cm³/mol. The fourth-order valence-electron chi connectivity index (χ4n) is 3.18. The number of primary amides is 1. The molecule has 2 aromatic carbocycles. The number of hydrogen-bond donors (Lipinski definition) is 2. The van der Waals surface area contributed by atoms with Gasteiger partial charge >= 0.3 is 0 Å². The van der Waals surface area contributed by atoms with Gasteiger partial charge in [0.15, 0.2) is 17.3 Å². The van der Waals surface area contributed by atoms with Gasteiger partial charge in [0.05, 0.1) is 17.2 Å². The molecule has 156 valence electrons. The first kappa shape index (κ1) is 19.3. The Hall–Kier alpha value is -4.72. The number of H-pyrrole nitrogens is 1. The van der Waals surface area contributed by atoms with Crippen molar-refractivity contribution < 1.29 is 14.3 Å². The van der Waals surface area contributed by atoms with Crippen LogP contribution in [0.3, 0.4) is 0 Å². The fraction of sp³-hybridized carbons (Fsp3) is 0. The van der Waals surface area contributed by atoms with Gasteiger partial charge in [0.25, 0.3) is 0 Å². The number of benzene rings is 2. The maximum atomic E-state index is 11.5. The van der Waals surface area contributed by atoms with Crippen molar-refractivity contribution in [1.82, 2.24) is 19.9 Å². The number of ether oxygens (including phenoxy) is 2. The fourth-order valence-corrected chi connectivity index (χ4v) is 3.18. The van der Waals surface area contributed by atoms with E-state index in [1.165, 1.54) is 0 Å². The minimum Gasteiger partial charge on any atom is -0.453 e. The number of carbonyl (C=O) groups excluding carboxylic acids is 1. The molecule has 8 heteroatoms. The number of aromatic amines is 1. The molecule has 0 aliphatic rings. The van der Waals surface area contributed by atoms with Crippen molar-refractivity contribution in [2.75, 3.05) is 0 Å². The normalized spacial score (nSPS) is 10.8. The Labute approximate surface area is 182 Å². The maximum Gasteiger partial charge on any atom is 0.248 e. The number of nitrogens with zero attached hydrogens (tertiary/aromatic N) is 3. The second-order valence-electron chi connectivity index (χ2n) is 6.90. The first-order chi connectivity index (χ1) is 15.7. The number of rotatable bonds is 6. The largest absolute Gasteiger partial charge is 0.453 e. The van der Waals surface area contributed by atoms with Crippen molar-refractivity contribution in [2.45, 2.75) is 0 Å². The lowest BCUT2D eigenvalue weighted by molar-refractivity contribution is 0.1000. The van der Waals surface area contributed by atoms with Crippen molar-refractivity contribution >= 4 is 16.9 Å². The summed E-state index contributed by atoms with van der Waals surface area (Å²) in [6.07, 6.45) is 4.98. The highest BCUT2D eigenvalue weighted by Crippen LogP contribution is 2.38. The number of nitrogens with two attached hydrogens (primary N) is 1. The minimum atomic E-state index is -0.537. The molecule has 0 radical (unpaired) electrons. The van der Waals surface area contributed by atoms with Crippen LogP contribution in [0.5, 0.6) is 23.0 Å². The van der Waals surface area contributed by atoms with E-state index in [4.69, 9.17) is 15.2 Å². The number of nitrogens with one attached hydrogen (secondary N) is 1. The van der Waals surface area contributed by atoms with Gasteiger partial charge in [0.1, 0.15) is 17.2 Å². The molecule has 1 amide bonds. The second kappa shape index (κ2) is 8.19. The molecular weight excluding hydrogens is 406 g/mol. The second-order valence-corrected chi connectivity index (χ2v) is 6.90. The van der Waals surface area contributed by atoms with Gasteiger partial charge in [-0.25, -0.2) is 4.98 Å². The molecule has 32 heavy (non-hydrogen) atoms. The summed E-state index contributed by atoms with van der Waals surface area (Å²) >= 11 is 0. The lowest BCUT2D eigenvalue weighted by atomic mass is 10.2. The van der Waals surface area contributed by atoms with Crippen molar-refractivity contribution in [3.8, 4) is 34.5 Å². The van der Waals surface area contributed by atoms with Crippen LogP contribution in [0.2, 0.25) is 0 Å². The Morgan fingerprint density at radius 1 is 0.875 bits per heavy atom. The maximum absolute atomic E-state index is 11.5. The first-order valence-corrected chi connectivity index (χ1v) is 9.76. The number of imidazole rings is 1. The van der Waals surface area contributed by atoms with Crippen molar-refractivity contribution in [1.29, 1.82) is 0 Å². The molecule has 5 rings (SSSR count). The van der Waals surface area contributed by atoms with E-state index in [0.717, 1.165) is 11.2 Å². The molecule has 0 saturated heterocycles. The molecule has 0 spiro atoms. The minimum absolute atomic E-state index is 0.343. The van der Waals surface area contributed by atoms with Gasteiger partial charge in [-0.1, -0.05) is 12.1 Å². The molecule has 8 nitrogen and oxygen atoms in total. The molecular formula is C24H17N5O3. The number of fused-ring (bicyclic) bond motifs is 1. The van der Waals surface area contributed by atoms with Crippen LogP contribution in [-0.2, 0) is 0 Å². The van der Waals surface area contributed by atoms with E-state index < -0.39 is 5.91 Å². The predicted octanol–water partition coefficient (Wildman–Crippen LogP) is 4.70. The highest BCUT2D eigenvalue weighted by Gasteiger charge is 2.15. The molecule has 5 aromatic rings. The van der Waals surface area contributed by atoms with Crippen LogP contribution in [-0.4, -0.2) is 25.8 Å². The summed E-state index contributed by atoms with van der Waals surface area (Å²) in [7, 11) is 0. The van der Waals surface area contributed by atoms with Gasteiger partial charge in [-0.05, 0) is 42.5 Å². The lowest BCUT2D eigenvalue weighted by Crippen LogP contribution is -2.10. The molecule has 3 heterocycles. The van der Waals surface area contributed by atoms with Crippen molar-refractivity contribution in [3.63, 3.8) is 0 Å². The van der Waals surface area contributed by atoms with Crippen LogP contribution in [0.25, 0.3) is 22.6 Å². The SMILES string of the molecule is NC(=O)c1cccc(Oc2cc3nc(-c4ccccn4)[nH]c3cc2Oc2cccnc2)c1. The monoisotopic (exact) mass is 423 g/mol. The van der Waals surface area contributed by atoms with E-state index in [1.54, 1.807) is 67.1 Å². The quantitative estimate of drug-likeness (QED) is 0.409. The average Bonchev–Trinajstić information content (AvgIpc) is 3.23. The van der Waals surface area contributed by atoms with Crippen LogP contribution in [0.15, 0.2) is 85.3 Å². The third-order valence-corrected chi connectivity index (χ3v) is 4.66. The summed E-state index contributed by atoms with van der Waals surface area (Å²) in [5, 5.41) is 0. The Morgan fingerprint density at radius 3 is 2.50 bits per heavy atom. The van der Waals surface area contributed by atoms with Crippen LogP contribution in [0.4, 0.5) is 0 Å². The summed E-state index contributed by atoms with van der Waals surface area (Å²) in [6.45, 7) is 0. The summed E-state index contributed by atoms with van der Waals surface area (Å²) in [6, 6.07) is 19.4. The van der Waals surface area contributed by atoms with Gasteiger partial charge in [0.2, 0.25) is 5.91 Å². The highest BCUT2D eigenvalue weighted by molar-refractivity contribution is 5.93. The molecule has 0 aliphatic heterocycles. The topological polar surface area (TPSA) is 116 Å². The number of amides is 1. The zero-order valence-electron chi connectivity index (χ0n) is 16.7.